The summed E-state index contributed by atoms with van der Waals surface area (Å²) in [6.45, 7) is 8.39. The normalized spacial score (nSPS) is 20.7. The molecule has 0 aromatic rings. The zero-order chi connectivity index (χ0) is 21.4. The Kier molecular flexibility index (Phi) is 8.55. The number of guanidine groups is 1. The van der Waals surface area contributed by atoms with E-state index in [1.54, 1.807) is 14.1 Å². The Hall–Kier alpha value is -2.03. The molecule has 29 heavy (non-hydrogen) atoms. The van der Waals surface area contributed by atoms with E-state index in [1.165, 1.54) is 4.90 Å². The maximum absolute atomic E-state index is 12.2. The fourth-order valence-corrected chi connectivity index (χ4v) is 2.95. The molecule has 166 valence electrons. The predicted octanol–water partition coefficient (Wildman–Crippen LogP) is 0.950. The monoisotopic (exact) mass is 411 g/mol. The van der Waals surface area contributed by atoms with Crippen molar-refractivity contribution in [2.24, 2.45) is 16.8 Å². The van der Waals surface area contributed by atoms with Crippen molar-refractivity contribution >= 4 is 18.0 Å². The first-order valence-corrected chi connectivity index (χ1v) is 10.4. The van der Waals surface area contributed by atoms with Crippen LogP contribution in [0.15, 0.2) is 4.99 Å². The average molecular weight is 412 g/mol. The molecule has 2 fully saturated rings. The Labute approximate surface area is 174 Å². The Morgan fingerprint density at radius 1 is 1.21 bits per heavy atom. The van der Waals surface area contributed by atoms with Gasteiger partial charge in [-0.1, -0.05) is 0 Å². The van der Waals surface area contributed by atoms with Crippen LogP contribution in [-0.4, -0.2) is 81.4 Å². The van der Waals surface area contributed by atoms with Gasteiger partial charge >= 0.3 is 6.09 Å². The number of rotatable bonds is 8. The van der Waals surface area contributed by atoms with Gasteiger partial charge in [-0.05, 0) is 46.0 Å². The lowest BCUT2D eigenvalue weighted by molar-refractivity contribution is -0.127. The van der Waals surface area contributed by atoms with Crippen LogP contribution in [0.4, 0.5) is 4.79 Å². The second-order valence-electron chi connectivity index (χ2n) is 9.03. The first-order chi connectivity index (χ1) is 13.6. The molecule has 1 saturated heterocycles. The summed E-state index contributed by atoms with van der Waals surface area (Å²) in [5.41, 5.74) is -0.532. The summed E-state index contributed by atoms with van der Waals surface area (Å²) in [7, 11) is 3.42. The Bertz CT molecular complexity index is 578. The number of likely N-dealkylation sites (N-methyl/N-ethyl adjacent to an activating group) is 1. The molecule has 0 radical (unpaired) electrons. The summed E-state index contributed by atoms with van der Waals surface area (Å²) in [6.07, 6.45) is 2.77. The lowest BCUT2D eigenvalue weighted by atomic mass is 10.1. The summed E-state index contributed by atoms with van der Waals surface area (Å²) < 4.78 is 10.8. The van der Waals surface area contributed by atoms with Crippen molar-refractivity contribution in [3.05, 3.63) is 0 Å². The molecular formula is C20H37N5O4. The van der Waals surface area contributed by atoms with E-state index in [2.05, 4.69) is 20.9 Å². The first kappa shape index (κ1) is 23.3. The van der Waals surface area contributed by atoms with Gasteiger partial charge in [0.05, 0.1) is 12.6 Å². The number of hydrogen-bond donors (Lipinski definition) is 3. The Morgan fingerprint density at radius 2 is 1.93 bits per heavy atom. The number of amides is 2. The largest absolute Gasteiger partial charge is 0.444 e. The molecule has 2 amide bonds. The highest BCUT2D eigenvalue weighted by Gasteiger charge is 2.33. The third-order valence-electron chi connectivity index (χ3n) is 4.84. The number of alkyl carbamates (subject to hydrolysis) is 1. The first-order valence-electron chi connectivity index (χ1n) is 10.4. The van der Waals surface area contributed by atoms with Crippen molar-refractivity contribution in [2.45, 2.75) is 51.7 Å². The third kappa shape index (κ3) is 9.34. The molecule has 2 rings (SSSR count). The standard InChI is InChI=1S/C20H37N5O4/c1-20(2,3)29-19(27)24-16(15-6-7-15)11-22-18(23-12-17(26)25(4)5)21-10-14-8-9-28-13-14/h14-16H,6-13H2,1-5H3,(H,24,27)(H2,21,22,23). The SMILES string of the molecule is CN(C)C(=O)CN=C(NCC1CCOC1)NCC(NC(=O)OC(C)(C)C)C1CC1. The Balaban J connectivity index is 1.90. The van der Waals surface area contributed by atoms with Gasteiger partial charge in [0.1, 0.15) is 12.1 Å². The summed E-state index contributed by atoms with van der Waals surface area (Å²) in [5.74, 6) is 1.37. The number of ether oxygens (including phenoxy) is 2. The van der Waals surface area contributed by atoms with Crippen LogP contribution in [0.25, 0.3) is 0 Å². The number of carbonyl (C=O) groups excluding carboxylic acids is 2. The average Bonchev–Trinajstić information content (AvgIpc) is 3.33. The van der Waals surface area contributed by atoms with Gasteiger partial charge in [0.25, 0.3) is 0 Å². The minimum absolute atomic E-state index is 0.0452. The molecule has 0 aromatic carbocycles. The molecule has 1 aliphatic heterocycles. The maximum Gasteiger partial charge on any atom is 0.407 e. The highest BCUT2D eigenvalue weighted by atomic mass is 16.6. The van der Waals surface area contributed by atoms with Crippen molar-refractivity contribution < 1.29 is 19.1 Å². The predicted molar refractivity (Wildman–Crippen MR) is 112 cm³/mol. The van der Waals surface area contributed by atoms with Gasteiger partial charge in [-0.2, -0.15) is 0 Å². The van der Waals surface area contributed by atoms with Crippen molar-refractivity contribution in [2.75, 3.05) is 46.9 Å². The number of nitrogens with zero attached hydrogens (tertiary/aromatic N) is 2. The molecule has 2 atom stereocenters. The van der Waals surface area contributed by atoms with Gasteiger partial charge in [-0.15, -0.1) is 0 Å². The summed E-state index contributed by atoms with van der Waals surface area (Å²) in [5, 5.41) is 9.56. The summed E-state index contributed by atoms with van der Waals surface area (Å²) in [6, 6.07) is -0.0452. The molecule has 2 unspecified atom stereocenters. The van der Waals surface area contributed by atoms with Crippen LogP contribution in [0, 0.1) is 11.8 Å². The number of aliphatic imine (C=N–C) groups is 1. The van der Waals surface area contributed by atoms with E-state index in [1.807, 2.05) is 20.8 Å². The highest BCUT2D eigenvalue weighted by molar-refractivity contribution is 5.84. The molecule has 3 N–H and O–H groups in total. The van der Waals surface area contributed by atoms with Crippen LogP contribution < -0.4 is 16.0 Å². The van der Waals surface area contributed by atoms with E-state index in [-0.39, 0.29) is 18.5 Å². The van der Waals surface area contributed by atoms with Gasteiger partial charge in [0, 0.05) is 39.7 Å². The molecule has 1 saturated carbocycles. The van der Waals surface area contributed by atoms with Crippen LogP contribution in [-0.2, 0) is 14.3 Å². The molecule has 1 aliphatic carbocycles. The lowest BCUT2D eigenvalue weighted by Crippen LogP contribution is -2.50. The topological polar surface area (TPSA) is 104 Å². The third-order valence-corrected chi connectivity index (χ3v) is 4.84. The van der Waals surface area contributed by atoms with Gasteiger partial charge in [-0.3, -0.25) is 4.79 Å². The maximum atomic E-state index is 12.2. The van der Waals surface area contributed by atoms with Gasteiger partial charge in [0.2, 0.25) is 5.91 Å². The van der Waals surface area contributed by atoms with Crippen LogP contribution in [0.1, 0.15) is 40.0 Å². The zero-order valence-electron chi connectivity index (χ0n) is 18.4. The van der Waals surface area contributed by atoms with Crippen molar-refractivity contribution in [3.8, 4) is 0 Å². The van der Waals surface area contributed by atoms with E-state index in [9.17, 15) is 9.59 Å². The van der Waals surface area contributed by atoms with Crippen molar-refractivity contribution in [1.82, 2.24) is 20.9 Å². The zero-order valence-corrected chi connectivity index (χ0v) is 18.4. The minimum Gasteiger partial charge on any atom is -0.444 e. The second-order valence-corrected chi connectivity index (χ2v) is 9.03. The minimum atomic E-state index is -0.532. The number of carbonyl (C=O) groups is 2. The second kappa shape index (κ2) is 10.7. The van der Waals surface area contributed by atoms with Crippen LogP contribution in [0.3, 0.4) is 0 Å². The molecule has 1 heterocycles. The fourth-order valence-electron chi connectivity index (χ4n) is 2.95. The molecule has 2 aliphatic rings. The van der Waals surface area contributed by atoms with E-state index in [4.69, 9.17) is 9.47 Å². The Morgan fingerprint density at radius 3 is 2.48 bits per heavy atom. The highest BCUT2D eigenvalue weighted by Crippen LogP contribution is 2.32. The lowest BCUT2D eigenvalue weighted by Gasteiger charge is -2.24. The number of nitrogens with one attached hydrogen (secondary N) is 3. The van der Waals surface area contributed by atoms with E-state index in [0.29, 0.717) is 24.3 Å². The molecule has 9 nitrogen and oxygen atoms in total. The fraction of sp³-hybridized carbons (Fsp3) is 0.850. The summed E-state index contributed by atoms with van der Waals surface area (Å²) >= 11 is 0. The molecule has 0 spiro atoms. The molecule has 9 heteroatoms. The smallest absolute Gasteiger partial charge is 0.407 e. The van der Waals surface area contributed by atoms with Crippen LogP contribution in [0.2, 0.25) is 0 Å². The van der Waals surface area contributed by atoms with Gasteiger partial charge < -0.3 is 30.3 Å². The quantitative estimate of drug-likeness (QED) is 0.406. The van der Waals surface area contributed by atoms with Crippen LogP contribution >= 0.6 is 0 Å². The summed E-state index contributed by atoms with van der Waals surface area (Å²) in [4.78, 5) is 30.0. The molecule has 0 aromatic heterocycles. The molecular weight excluding hydrogens is 374 g/mol. The van der Waals surface area contributed by atoms with E-state index >= 15 is 0 Å². The van der Waals surface area contributed by atoms with Gasteiger partial charge in [-0.25, -0.2) is 9.79 Å². The van der Waals surface area contributed by atoms with E-state index < -0.39 is 11.7 Å². The number of hydrogen-bond acceptors (Lipinski definition) is 5. The van der Waals surface area contributed by atoms with E-state index in [0.717, 1.165) is 39.0 Å². The van der Waals surface area contributed by atoms with Crippen molar-refractivity contribution in [3.63, 3.8) is 0 Å². The van der Waals surface area contributed by atoms with Crippen molar-refractivity contribution in [1.29, 1.82) is 0 Å². The van der Waals surface area contributed by atoms with Crippen LogP contribution in [0.5, 0.6) is 0 Å². The van der Waals surface area contributed by atoms with Gasteiger partial charge in [0.15, 0.2) is 5.96 Å². The molecule has 0 bridgehead atoms.